The van der Waals surface area contributed by atoms with Crippen LogP contribution in [0.3, 0.4) is 0 Å². The van der Waals surface area contributed by atoms with Crippen LogP contribution in [0.25, 0.3) is 5.69 Å². The van der Waals surface area contributed by atoms with Crippen LogP contribution in [-0.2, 0) is 4.79 Å². The number of halogens is 1. The number of anilines is 1. The predicted octanol–water partition coefficient (Wildman–Crippen LogP) is 2.81. The van der Waals surface area contributed by atoms with Crippen molar-refractivity contribution in [1.82, 2.24) is 30.4 Å². The number of para-hydroxylation sites is 1. The minimum Gasteiger partial charge on any atom is -0.340 e. The Morgan fingerprint density at radius 3 is 2.35 bits per heavy atom. The first-order chi connectivity index (χ1) is 16.5. The molecule has 0 bridgehead atoms. The molecule has 1 saturated heterocycles. The van der Waals surface area contributed by atoms with Crippen molar-refractivity contribution in [3.05, 3.63) is 65.2 Å². The molecule has 2 heterocycles. The molecule has 1 aliphatic heterocycles. The number of carbonyl (C=O) groups excluding carboxylic acids is 2. The second-order valence-electron chi connectivity index (χ2n) is 8.38. The third-order valence-electron chi connectivity index (χ3n) is 6.20. The molecular weight excluding hydrogens is 454 g/mol. The highest BCUT2D eigenvalue weighted by Gasteiger charge is 2.33. The first kappa shape index (κ1) is 23.7. The molecule has 0 spiro atoms. The lowest BCUT2D eigenvalue weighted by Gasteiger charge is -2.37. The minimum atomic E-state index is -0.602. The van der Waals surface area contributed by atoms with E-state index in [1.165, 1.54) is 0 Å². The molecule has 2 atom stereocenters. The molecule has 10 heteroatoms. The van der Waals surface area contributed by atoms with E-state index in [2.05, 4.69) is 25.7 Å². The lowest BCUT2D eigenvalue weighted by Crippen LogP contribution is -2.57. The highest BCUT2D eigenvalue weighted by molar-refractivity contribution is 6.30. The van der Waals surface area contributed by atoms with Gasteiger partial charge in [0.05, 0.1) is 5.69 Å². The van der Waals surface area contributed by atoms with Crippen LogP contribution < -0.4 is 10.2 Å². The Morgan fingerprint density at radius 2 is 1.71 bits per heavy atom. The molecule has 0 saturated carbocycles. The molecule has 34 heavy (non-hydrogen) atoms. The number of aromatic nitrogens is 4. The van der Waals surface area contributed by atoms with Gasteiger partial charge in [-0.2, -0.15) is 4.68 Å². The summed E-state index contributed by atoms with van der Waals surface area (Å²) in [6.45, 7) is 6.22. The van der Waals surface area contributed by atoms with Crippen molar-refractivity contribution < 1.29 is 9.59 Å². The first-order valence-electron chi connectivity index (χ1n) is 11.4. The van der Waals surface area contributed by atoms with Crippen molar-refractivity contribution in [1.29, 1.82) is 0 Å². The Bertz CT molecular complexity index is 1110. The molecule has 1 aliphatic rings. The van der Waals surface area contributed by atoms with E-state index in [-0.39, 0.29) is 17.7 Å². The molecule has 0 radical (unpaired) electrons. The van der Waals surface area contributed by atoms with Crippen molar-refractivity contribution in [2.24, 2.45) is 5.92 Å². The monoisotopic (exact) mass is 481 g/mol. The maximum Gasteiger partial charge on any atom is 0.251 e. The Kier molecular flexibility index (Phi) is 7.42. The van der Waals surface area contributed by atoms with Crippen molar-refractivity contribution >= 4 is 29.4 Å². The number of hydrogen-bond acceptors (Lipinski definition) is 6. The summed E-state index contributed by atoms with van der Waals surface area (Å²) in [6.07, 6.45) is 0.767. The van der Waals surface area contributed by atoms with Gasteiger partial charge in [0, 0.05) is 36.8 Å². The highest BCUT2D eigenvalue weighted by atomic mass is 35.5. The lowest BCUT2D eigenvalue weighted by atomic mass is 9.97. The van der Waals surface area contributed by atoms with Gasteiger partial charge in [-0.3, -0.25) is 9.59 Å². The Hall–Kier alpha value is -3.46. The third kappa shape index (κ3) is 5.20. The van der Waals surface area contributed by atoms with Gasteiger partial charge in [0.15, 0.2) is 0 Å². The molecule has 0 aliphatic carbocycles. The standard InChI is InChI=1S/C24H28ClN7O2/c1-3-17(2)21(26-22(33)18-9-11-19(25)12-10-18)23(34)30-13-15-31(16-14-30)24-27-28-29-32(24)20-7-5-4-6-8-20/h4-12,17,21H,3,13-16H2,1-2H3,(H,26,33). The summed E-state index contributed by atoms with van der Waals surface area (Å²) < 4.78 is 1.70. The van der Waals surface area contributed by atoms with Crippen molar-refractivity contribution in [2.75, 3.05) is 31.1 Å². The van der Waals surface area contributed by atoms with Crippen molar-refractivity contribution in [3.8, 4) is 5.69 Å². The molecule has 1 fully saturated rings. The zero-order valence-electron chi connectivity index (χ0n) is 19.3. The summed E-state index contributed by atoms with van der Waals surface area (Å²) in [5.41, 5.74) is 1.35. The topological polar surface area (TPSA) is 96.2 Å². The van der Waals surface area contributed by atoms with E-state index in [1.54, 1.807) is 28.9 Å². The number of tetrazole rings is 1. The number of carbonyl (C=O) groups is 2. The fourth-order valence-corrected chi connectivity index (χ4v) is 4.07. The SMILES string of the molecule is CCC(C)C(NC(=O)c1ccc(Cl)cc1)C(=O)N1CCN(c2nnnn2-c2ccccc2)CC1. The molecule has 4 rings (SSSR count). The average molecular weight is 482 g/mol. The van der Waals surface area contributed by atoms with Gasteiger partial charge >= 0.3 is 0 Å². The first-order valence-corrected chi connectivity index (χ1v) is 11.8. The number of rotatable bonds is 7. The maximum atomic E-state index is 13.4. The second kappa shape index (κ2) is 10.6. The third-order valence-corrected chi connectivity index (χ3v) is 6.45. The number of hydrogen-bond donors (Lipinski definition) is 1. The number of nitrogens with zero attached hydrogens (tertiary/aromatic N) is 6. The van der Waals surface area contributed by atoms with Crippen molar-refractivity contribution in [3.63, 3.8) is 0 Å². The van der Waals surface area contributed by atoms with Crippen LogP contribution in [0.2, 0.25) is 5.02 Å². The summed E-state index contributed by atoms with van der Waals surface area (Å²) in [7, 11) is 0. The fraction of sp³-hybridized carbons (Fsp3) is 0.375. The molecule has 3 aromatic rings. The minimum absolute atomic E-state index is 0.00726. The van der Waals surface area contributed by atoms with Crippen LogP contribution in [0.1, 0.15) is 30.6 Å². The van der Waals surface area contributed by atoms with Gasteiger partial charge in [-0.15, -0.1) is 0 Å². The lowest BCUT2D eigenvalue weighted by molar-refractivity contribution is -0.134. The van der Waals surface area contributed by atoms with Gasteiger partial charge in [0.25, 0.3) is 5.91 Å². The van der Waals surface area contributed by atoms with E-state index < -0.39 is 6.04 Å². The molecule has 9 nitrogen and oxygen atoms in total. The number of amides is 2. The van der Waals surface area contributed by atoms with Crippen LogP contribution in [0, 0.1) is 5.92 Å². The van der Waals surface area contributed by atoms with E-state index in [4.69, 9.17) is 11.6 Å². The maximum absolute atomic E-state index is 13.4. The summed E-state index contributed by atoms with van der Waals surface area (Å²) in [5, 5.41) is 15.7. The highest BCUT2D eigenvalue weighted by Crippen LogP contribution is 2.19. The Balaban J connectivity index is 1.42. The number of benzene rings is 2. The smallest absolute Gasteiger partial charge is 0.251 e. The van der Waals surface area contributed by atoms with E-state index >= 15 is 0 Å². The van der Waals surface area contributed by atoms with Crippen LogP contribution in [0.4, 0.5) is 5.95 Å². The predicted molar refractivity (Wildman–Crippen MR) is 130 cm³/mol. The van der Waals surface area contributed by atoms with Crippen LogP contribution in [-0.4, -0.2) is 69.1 Å². The summed E-state index contributed by atoms with van der Waals surface area (Å²) in [6, 6.07) is 15.7. The van der Waals surface area contributed by atoms with Crippen LogP contribution in [0.15, 0.2) is 54.6 Å². The number of nitrogens with one attached hydrogen (secondary N) is 1. The van der Waals surface area contributed by atoms with E-state index in [0.717, 1.165) is 12.1 Å². The van der Waals surface area contributed by atoms with Gasteiger partial charge in [-0.25, -0.2) is 0 Å². The van der Waals surface area contributed by atoms with E-state index in [9.17, 15) is 9.59 Å². The summed E-state index contributed by atoms with van der Waals surface area (Å²) in [4.78, 5) is 30.1. The van der Waals surface area contributed by atoms with Crippen LogP contribution >= 0.6 is 11.6 Å². The second-order valence-corrected chi connectivity index (χ2v) is 8.82. The summed E-state index contributed by atoms with van der Waals surface area (Å²) >= 11 is 5.93. The van der Waals surface area contributed by atoms with Gasteiger partial charge < -0.3 is 15.1 Å². The molecule has 1 aromatic heterocycles. The Morgan fingerprint density at radius 1 is 1.03 bits per heavy atom. The quantitative estimate of drug-likeness (QED) is 0.557. The average Bonchev–Trinajstić information content (AvgIpc) is 3.37. The Labute approximate surface area is 203 Å². The molecule has 2 amide bonds. The zero-order chi connectivity index (χ0) is 24.1. The molecule has 1 N–H and O–H groups in total. The van der Waals surface area contributed by atoms with Gasteiger partial charge in [-0.1, -0.05) is 55.2 Å². The van der Waals surface area contributed by atoms with Gasteiger partial charge in [0.1, 0.15) is 6.04 Å². The molecule has 2 aromatic carbocycles. The van der Waals surface area contributed by atoms with E-state index in [1.807, 2.05) is 49.1 Å². The normalized spacial score (nSPS) is 15.6. The van der Waals surface area contributed by atoms with Crippen LogP contribution in [0.5, 0.6) is 0 Å². The van der Waals surface area contributed by atoms with E-state index in [0.29, 0.717) is 42.7 Å². The van der Waals surface area contributed by atoms with Crippen molar-refractivity contribution in [2.45, 2.75) is 26.3 Å². The fourth-order valence-electron chi connectivity index (χ4n) is 3.95. The number of piperazine rings is 1. The summed E-state index contributed by atoms with van der Waals surface area (Å²) in [5.74, 6) is 0.287. The van der Waals surface area contributed by atoms with Gasteiger partial charge in [0.2, 0.25) is 11.9 Å². The molecular formula is C24H28ClN7O2. The zero-order valence-corrected chi connectivity index (χ0v) is 20.0. The molecule has 2 unspecified atom stereocenters. The van der Waals surface area contributed by atoms with Gasteiger partial charge in [-0.05, 0) is 52.7 Å². The molecule has 178 valence electrons. The largest absolute Gasteiger partial charge is 0.340 e.